The van der Waals surface area contributed by atoms with Gasteiger partial charge < -0.3 is 10.1 Å². The van der Waals surface area contributed by atoms with Gasteiger partial charge in [0.25, 0.3) is 10.0 Å². The number of nitrogens with zero attached hydrogens (tertiary/aromatic N) is 5. The van der Waals surface area contributed by atoms with E-state index in [0.717, 1.165) is 61.7 Å². The van der Waals surface area contributed by atoms with Crippen LogP contribution in [0.25, 0.3) is 22.3 Å². The highest BCUT2D eigenvalue weighted by molar-refractivity contribution is 7.93. The van der Waals surface area contributed by atoms with Crippen molar-refractivity contribution < 1.29 is 13.2 Å². The van der Waals surface area contributed by atoms with Crippen LogP contribution in [0.15, 0.2) is 41.4 Å². The fourth-order valence-corrected chi connectivity index (χ4v) is 7.11. The summed E-state index contributed by atoms with van der Waals surface area (Å²) in [4.78, 5) is 11.4. The molecule has 0 bridgehead atoms. The van der Waals surface area contributed by atoms with Crippen LogP contribution >= 0.6 is 34.5 Å². The minimum absolute atomic E-state index is 0.0505. The smallest absolute Gasteiger partial charge is 0.264 e. The summed E-state index contributed by atoms with van der Waals surface area (Å²) in [6, 6.07) is 8.24. The zero-order valence-corrected chi connectivity index (χ0v) is 22.4. The van der Waals surface area contributed by atoms with Crippen LogP contribution in [0.5, 0.6) is 0 Å². The van der Waals surface area contributed by atoms with Gasteiger partial charge in [-0.05, 0) is 18.2 Å². The molecule has 36 heavy (non-hydrogen) atoms. The number of nitrogens with one attached hydrogen (secondary N) is 2. The lowest BCUT2D eigenvalue weighted by atomic mass is 10.1. The Morgan fingerprint density at radius 2 is 1.92 bits per heavy atom. The van der Waals surface area contributed by atoms with Crippen LogP contribution < -0.4 is 10.0 Å². The van der Waals surface area contributed by atoms with Crippen molar-refractivity contribution in [1.82, 2.24) is 24.6 Å². The normalized spacial score (nSPS) is 14.9. The minimum atomic E-state index is -3.86. The first-order valence-electron chi connectivity index (χ1n) is 11.1. The van der Waals surface area contributed by atoms with E-state index in [4.69, 9.17) is 27.9 Å². The average molecular weight is 569 g/mol. The highest BCUT2D eigenvalue weighted by atomic mass is 35.5. The molecule has 0 spiro atoms. The van der Waals surface area contributed by atoms with Crippen molar-refractivity contribution in [3.8, 4) is 11.3 Å². The summed E-state index contributed by atoms with van der Waals surface area (Å²) in [5, 5.41) is 8.69. The van der Waals surface area contributed by atoms with E-state index in [1.54, 1.807) is 35.1 Å². The Morgan fingerprint density at radius 1 is 1.17 bits per heavy atom. The van der Waals surface area contributed by atoms with Crippen LogP contribution in [0.3, 0.4) is 0 Å². The number of halogens is 2. The number of benzene rings is 1. The van der Waals surface area contributed by atoms with E-state index in [-0.39, 0.29) is 9.23 Å². The molecule has 3 aromatic heterocycles. The van der Waals surface area contributed by atoms with Gasteiger partial charge in [-0.1, -0.05) is 35.3 Å². The summed E-state index contributed by atoms with van der Waals surface area (Å²) in [6.07, 6.45) is 1.75. The largest absolute Gasteiger partial charge is 0.379 e. The van der Waals surface area contributed by atoms with Crippen molar-refractivity contribution in [2.45, 2.75) is 4.90 Å². The minimum Gasteiger partial charge on any atom is -0.379 e. The molecule has 0 unspecified atom stereocenters. The molecule has 1 fully saturated rings. The third-order valence-corrected chi connectivity index (χ3v) is 8.85. The molecule has 4 aromatic rings. The predicted octanol–water partition coefficient (Wildman–Crippen LogP) is 3.94. The van der Waals surface area contributed by atoms with Crippen molar-refractivity contribution in [2.24, 2.45) is 7.05 Å². The van der Waals surface area contributed by atoms with E-state index < -0.39 is 10.0 Å². The maximum absolute atomic E-state index is 12.7. The summed E-state index contributed by atoms with van der Waals surface area (Å²) in [6.45, 7) is 5.03. The Bertz CT molecular complexity index is 1480. The molecule has 10 nitrogen and oxygen atoms in total. The molecule has 0 amide bonds. The first kappa shape index (κ1) is 25.2. The van der Waals surface area contributed by atoms with Gasteiger partial charge in [0.1, 0.15) is 14.9 Å². The second kappa shape index (κ2) is 10.5. The van der Waals surface area contributed by atoms with Crippen LogP contribution in [0.4, 0.5) is 11.6 Å². The van der Waals surface area contributed by atoms with E-state index in [0.29, 0.717) is 27.3 Å². The number of ether oxygens (including phenoxy) is 1. The van der Waals surface area contributed by atoms with Gasteiger partial charge in [-0.3, -0.25) is 9.62 Å². The maximum atomic E-state index is 12.7. The maximum Gasteiger partial charge on any atom is 0.264 e. The van der Waals surface area contributed by atoms with Crippen LogP contribution in [0.2, 0.25) is 8.67 Å². The molecular formula is C22H23Cl2N7O3S2. The van der Waals surface area contributed by atoms with Gasteiger partial charge in [-0.25, -0.2) is 18.1 Å². The number of anilines is 2. The Labute approximate surface area is 222 Å². The predicted molar refractivity (Wildman–Crippen MR) is 143 cm³/mol. The number of thiophene rings is 1. The van der Waals surface area contributed by atoms with Crippen molar-refractivity contribution in [3.63, 3.8) is 0 Å². The average Bonchev–Trinajstić information content (AvgIpc) is 3.38. The summed E-state index contributed by atoms with van der Waals surface area (Å²) in [7, 11) is -2.04. The molecule has 1 aliphatic rings. The van der Waals surface area contributed by atoms with Crippen LogP contribution in [0, 0.1) is 0 Å². The van der Waals surface area contributed by atoms with Crippen molar-refractivity contribution in [3.05, 3.63) is 45.2 Å². The Hall–Kier alpha value is -2.48. The van der Waals surface area contributed by atoms with Crippen LogP contribution in [-0.2, 0) is 21.8 Å². The van der Waals surface area contributed by atoms with Gasteiger partial charge in [-0.2, -0.15) is 10.1 Å². The standard InChI is InChI=1S/C22H23Cl2N7O3S2/c1-30-21-16(13-26-22(27-21)25-6-7-31-8-10-34-11-9-31)19(28-30)14-2-4-15(5-3-14)29-36(32,33)17-12-18(23)35-20(17)24/h2-5,12-13,29H,6-11H2,1H3,(H,25,26,27). The molecular weight excluding hydrogens is 545 g/mol. The molecule has 14 heteroatoms. The fourth-order valence-electron chi connectivity index (χ4n) is 3.90. The Morgan fingerprint density at radius 3 is 2.61 bits per heavy atom. The zero-order chi connectivity index (χ0) is 25.3. The first-order chi connectivity index (χ1) is 17.3. The third-order valence-electron chi connectivity index (χ3n) is 5.72. The number of sulfonamides is 1. The summed E-state index contributed by atoms with van der Waals surface area (Å²) < 4.78 is 35.4. The van der Waals surface area contributed by atoms with E-state index in [9.17, 15) is 8.42 Å². The molecule has 1 aliphatic heterocycles. The second-order valence-corrected chi connectivity index (χ2v) is 12.1. The number of aryl methyl sites for hydroxylation is 1. The van der Waals surface area contributed by atoms with E-state index in [1.165, 1.54) is 6.07 Å². The van der Waals surface area contributed by atoms with Gasteiger partial charge in [0.05, 0.1) is 22.9 Å². The number of hydrogen-bond donors (Lipinski definition) is 2. The molecule has 0 aliphatic carbocycles. The molecule has 0 atom stereocenters. The number of aromatic nitrogens is 4. The van der Waals surface area contributed by atoms with Gasteiger partial charge >= 0.3 is 0 Å². The first-order valence-corrected chi connectivity index (χ1v) is 14.2. The molecule has 190 valence electrons. The van der Waals surface area contributed by atoms with Crippen molar-refractivity contribution >= 4 is 67.2 Å². The topological polar surface area (TPSA) is 114 Å². The summed E-state index contributed by atoms with van der Waals surface area (Å²) >= 11 is 12.9. The molecule has 2 N–H and O–H groups in total. The molecule has 1 saturated heterocycles. The third kappa shape index (κ3) is 5.43. The van der Waals surface area contributed by atoms with E-state index >= 15 is 0 Å². The van der Waals surface area contributed by atoms with Gasteiger partial charge in [0, 0.05) is 50.7 Å². The lowest BCUT2D eigenvalue weighted by Crippen LogP contribution is -2.39. The highest BCUT2D eigenvalue weighted by Crippen LogP contribution is 2.35. The van der Waals surface area contributed by atoms with Gasteiger partial charge in [-0.15, -0.1) is 11.3 Å². The Kier molecular flexibility index (Phi) is 7.33. The molecule has 4 heterocycles. The monoisotopic (exact) mass is 567 g/mol. The summed E-state index contributed by atoms with van der Waals surface area (Å²) in [5.74, 6) is 0.544. The van der Waals surface area contributed by atoms with Crippen LogP contribution in [-0.4, -0.2) is 72.5 Å². The Balaban J connectivity index is 1.30. The lowest BCUT2D eigenvalue weighted by Gasteiger charge is -2.26. The van der Waals surface area contributed by atoms with E-state index in [1.807, 2.05) is 7.05 Å². The molecule has 0 radical (unpaired) electrons. The molecule has 0 saturated carbocycles. The van der Waals surface area contributed by atoms with Crippen molar-refractivity contribution in [1.29, 1.82) is 0 Å². The number of hydrogen-bond acceptors (Lipinski definition) is 9. The fraction of sp³-hybridized carbons (Fsp3) is 0.318. The van der Waals surface area contributed by atoms with Crippen molar-refractivity contribution in [2.75, 3.05) is 49.4 Å². The number of morpholine rings is 1. The summed E-state index contributed by atoms with van der Waals surface area (Å²) in [5.41, 5.74) is 2.59. The highest BCUT2D eigenvalue weighted by Gasteiger charge is 2.21. The SMILES string of the molecule is Cn1nc(-c2ccc(NS(=O)(=O)c3cc(Cl)sc3Cl)cc2)c2cnc(NCCN3CCOCC3)nc21. The molecule has 5 rings (SSSR count). The van der Waals surface area contributed by atoms with Gasteiger partial charge in [0.2, 0.25) is 5.95 Å². The van der Waals surface area contributed by atoms with Crippen LogP contribution in [0.1, 0.15) is 0 Å². The number of rotatable bonds is 8. The second-order valence-electron chi connectivity index (χ2n) is 8.16. The zero-order valence-electron chi connectivity index (χ0n) is 19.2. The lowest BCUT2D eigenvalue weighted by molar-refractivity contribution is 0.0398. The van der Waals surface area contributed by atoms with E-state index in [2.05, 4.69) is 30.0 Å². The van der Waals surface area contributed by atoms with Gasteiger partial charge in [0.15, 0.2) is 5.65 Å². The number of fused-ring (bicyclic) bond motifs is 1. The quantitative estimate of drug-likeness (QED) is 0.329. The molecule has 1 aromatic carbocycles.